The zero-order valence-electron chi connectivity index (χ0n) is 8.53. The quantitative estimate of drug-likeness (QED) is 0.751. The molecule has 1 rings (SSSR count). The molecule has 78 valence electrons. The predicted octanol–water partition coefficient (Wildman–Crippen LogP) is 0.522. The van der Waals surface area contributed by atoms with Gasteiger partial charge in [0.05, 0.1) is 17.7 Å². The Morgan fingerprint density at radius 1 is 1.67 bits per heavy atom. The molecule has 1 aromatic carbocycles. The lowest BCUT2D eigenvalue weighted by Crippen LogP contribution is -2.37. The van der Waals surface area contributed by atoms with E-state index in [0.717, 1.165) is 5.56 Å². The van der Waals surface area contributed by atoms with Crippen molar-refractivity contribution in [1.82, 2.24) is 5.32 Å². The Balaban J connectivity index is 2.59. The maximum atomic E-state index is 11.2. The topological polar surface area (TPSA) is 78.9 Å². The minimum absolute atomic E-state index is 0.197. The van der Waals surface area contributed by atoms with Gasteiger partial charge in [0.1, 0.15) is 0 Å². The van der Waals surface area contributed by atoms with Gasteiger partial charge in [0, 0.05) is 6.54 Å². The van der Waals surface area contributed by atoms with Crippen molar-refractivity contribution in [3.05, 3.63) is 35.4 Å². The van der Waals surface area contributed by atoms with Crippen LogP contribution in [-0.4, -0.2) is 11.9 Å². The van der Waals surface area contributed by atoms with Gasteiger partial charge in [0.25, 0.3) is 0 Å². The van der Waals surface area contributed by atoms with Crippen LogP contribution < -0.4 is 11.1 Å². The number of hydrogen-bond donors (Lipinski definition) is 2. The van der Waals surface area contributed by atoms with Crippen LogP contribution in [0.3, 0.4) is 0 Å². The Hall–Kier alpha value is -1.86. The number of amides is 1. The van der Waals surface area contributed by atoms with Crippen LogP contribution in [0.4, 0.5) is 0 Å². The summed E-state index contributed by atoms with van der Waals surface area (Å²) in [6.45, 7) is 2.02. The second-order valence-electron chi connectivity index (χ2n) is 3.32. The van der Waals surface area contributed by atoms with Crippen LogP contribution in [-0.2, 0) is 11.3 Å². The normalized spacial score (nSPS) is 11.5. The molecule has 0 saturated carbocycles. The number of carbonyl (C=O) groups is 1. The Kier molecular flexibility index (Phi) is 3.83. The predicted molar refractivity (Wildman–Crippen MR) is 56.7 cm³/mol. The molecule has 15 heavy (non-hydrogen) atoms. The van der Waals surface area contributed by atoms with E-state index in [1.807, 2.05) is 12.1 Å². The van der Waals surface area contributed by atoms with E-state index >= 15 is 0 Å². The summed E-state index contributed by atoms with van der Waals surface area (Å²) < 4.78 is 0. The summed E-state index contributed by atoms with van der Waals surface area (Å²) in [6.07, 6.45) is 0. The van der Waals surface area contributed by atoms with Gasteiger partial charge in [-0.2, -0.15) is 5.26 Å². The Morgan fingerprint density at radius 2 is 2.40 bits per heavy atom. The number of nitrogens with two attached hydrogens (primary N) is 1. The molecular weight excluding hydrogens is 190 g/mol. The summed E-state index contributed by atoms with van der Waals surface area (Å²) in [5, 5.41) is 11.3. The van der Waals surface area contributed by atoms with E-state index in [2.05, 4.69) is 5.32 Å². The highest BCUT2D eigenvalue weighted by atomic mass is 16.2. The maximum absolute atomic E-state index is 11.2. The molecule has 0 aliphatic carbocycles. The third kappa shape index (κ3) is 3.41. The lowest BCUT2D eigenvalue weighted by Gasteiger charge is -2.07. The molecule has 0 aliphatic heterocycles. The first-order valence-electron chi connectivity index (χ1n) is 4.66. The third-order valence-electron chi connectivity index (χ3n) is 1.94. The molecule has 0 unspecified atom stereocenters. The molecule has 0 aromatic heterocycles. The van der Waals surface area contributed by atoms with Crippen molar-refractivity contribution >= 4 is 5.91 Å². The summed E-state index contributed by atoms with van der Waals surface area (Å²) in [5.41, 5.74) is 6.87. The largest absolute Gasteiger partial charge is 0.351 e. The first-order chi connectivity index (χ1) is 7.13. The molecule has 0 bridgehead atoms. The Labute approximate surface area is 88.7 Å². The average Bonchev–Trinajstić information content (AvgIpc) is 2.26. The fourth-order valence-electron chi connectivity index (χ4n) is 1.10. The van der Waals surface area contributed by atoms with Gasteiger partial charge in [-0.15, -0.1) is 0 Å². The lowest BCUT2D eigenvalue weighted by atomic mass is 10.1. The van der Waals surface area contributed by atoms with Gasteiger partial charge in [0.2, 0.25) is 5.91 Å². The number of nitriles is 1. The number of rotatable bonds is 3. The number of benzene rings is 1. The van der Waals surface area contributed by atoms with E-state index < -0.39 is 6.04 Å². The summed E-state index contributed by atoms with van der Waals surface area (Å²) in [7, 11) is 0. The fourth-order valence-corrected chi connectivity index (χ4v) is 1.10. The SMILES string of the molecule is C[C@@H](N)C(=O)NCc1cccc(C#N)c1. The number of carbonyl (C=O) groups excluding carboxylic acids is 1. The van der Waals surface area contributed by atoms with Crippen LogP contribution in [0, 0.1) is 11.3 Å². The molecule has 1 atom stereocenters. The number of nitrogens with zero attached hydrogens (tertiary/aromatic N) is 1. The fraction of sp³-hybridized carbons (Fsp3) is 0.273. The lowest BCUT2D eigenvalue weighted by molar-refractivity contribution is -0.122. The van der Waals surface area contributed by atoms with E-state index in [1.165, 1.54) is 0 Å². The van der Waals surface area contributed by atoms with Crippen molar-refractivity contribution in [3.8, 4) is 6.07 Å². The third-order valence-corrected chi connectivity index (χ3v) is 1.94. The molecule has 0 saturated heterocycles. The highest BCUT2D eigenvalue weighted by molar-refractivity contribution is 5.80. The monoisotopic (exact) mass is 203 g/mol. The van der Waals surface area contributed by atoms with Crippen molar-refractivity contribution in [2.24, 2.45) is 5.73 Å². The van der Waals surface area contributed by atoms with Gasteiger partial charge in [-0.25, -0.2) is 0 Å². The summed E-state index contributed by atoms with van der Waals surface area (Å²) >= 11 is 0. The van der Waals surface area contributed by atoms with Crippen LogP contribution in [0.15, 0.2) is 24.3 Å². The van der Waals surface area contributed by atoms with E-state index in [0.29, 0.717) is 12.1 Å². The minimum Gasteiger partial charge on any atom is -0.351 e. The first kappa shape index (κ1) is 11.2. The Morgan fingerprint density at radius 3 is 3.00 bits per heavy atom. The molecular formula is C11H13N3O. The molecule has 0 heterocycles. The van der Waals surface area contributed by atoms with Gasteiger partial charge in [-0.1, -0.05) is 12.1 Å². The summed E-state index contributed by atoms with van der Waals surface area (Å²) in [6, 6.07) is 8.62. The van der Waals surface area contributed by atoms with Crippen LogP contribution in [0.2, 0.25) is 0 Å². The van der Waals surface area contributed by atoms with Crippen molar-refractivity contribution in [2.75, 3.05) is 0 Å². The summed E-state index contributed by atoms with van der Waals surface area (Å²) in [4.78, 5) is 11.2. The standard InChI is InChI=1S/C11H13N3O/c1-8(13)11(15)14-7-10-4-2-3-9(5-10)6-12/h2-5,8H,7,13H2,1H3,(H,14,15)/t8-/m1/s1. The van der Waals surface area contributed by atoms with Crippen LogP contribution in [0.5, 0.6) is 0 Å². The highest BCUT2D eigenvalue weighted by Gasteiger charge is 2.05. The Bertz CT molecular complexity index is 393. The second-order valence-corrected chi connectivity index (χ2v) is 3.32. The van der Waals surface area contributed by atoms with Crippen LogP contribution >= 0.6 is 0 Å². The van der Waals surface area contributed by atoms with Crippen molar-refractivity contribution in [3.63, 3.8) is 0 Å². The van der Waals surface area contributed by atoms with Crippen molar-refractivity contribution in [1.29, 1.82) is 5.26 Å². The molecule has 0 radical (unpaired) electrons. The van der Waals surface area contributed by atoms with Gasteiger partial charge < -0.3 is 11.1 Å². The zero-order chi connectivity index (χ0) is 11.3. The summed E-state index contributed by atoms with van der Waals surface area (Å²) in [5.74, 6) is -0.197. The van der Waals surface area contributed by atoms with Gasteiger partial charge in [0.15, 0.2) is 0 Å². The smallest absolute Gasteiger partial charge is 0.236 e. The highest BCUT2D eigenvalue weighted by Crippen LogP contribution is 2.03. The minimum atomic E-state index is -0.510. The van der Waals surface area contributed by atoms with Crippen molar-refractivity contribution in [2.45, 2.75) is 19.5 Å². The molecule has 0 spiro atoms. The molecule has 3 N–H and O–H groups in total. The molecule has 4 nitrogen and oxygen atoms in total. The average molecular weight is 203 g/mol. The number of nitrogens with one attached hydrogen (secondary N) is 1. The van der Waals surface area contributed by atoms with E-state index in [4.69, 9.17) is 11.0 Å². The van der Waals surface area contributed by atoms with Crippen LogP contribution in [0.25, 0.3) is 0 Å². The second kappa shape index (κ2) is 5.13. The van der Waals surface area contributed by atoms with E-state index in [9.17, 15) is 4.79 Å². The number of hydrogen-bond acceptors (Lipinski definition) is 3. The zero-order valence-corrected chi connectivity index (χ0v) is 8.53. The van der Waals surface area contributed by atoms with Crippen LogP contribution in [0.1, 0.15) is 18.1 Å². The van der Waals surface area contributed by atoms with E-state index in [-0.39, 0.29) is 5.91 Å². The maximum Gasteiger partial charge on any atom is 0.236 e. The van der Waals surface area contributed by atoms with Gasteiger partial charge in [-0.3, -0.25) is 4.79 Å². The molecule has 1 aromatic rings. The van der Waals surface area contributed by atoms with Gasteiger partial charge in [-0.05, 0) is 24.6 Å². The van der Waals surface area contributed by atoms with E-state index in [1.54, 1.807) is 25.1 Å². The molecule has 0 aliphatic rings. The first-order valence-corrected chi connectivity index (χ1v) is 4.66. The van der Waals surface area contributed by atoms with Gasteiger partial charge >= 0.3 is 0 Å². The molecule has 1 amide bonds. The van der Waals surface area contributed by atoms with Crippen molar-refractivity contribution < 1.29 is 4.79 Å². The molecule has 4 heteroatoms. The molecule has 0 fully saturated rings.